The van der Waals surface area contributed by atoms with Gasteiger partial charge < -0.3 is 10.4 Å². The van der Waals surface area contributed by atoms with E-state index in [2.05, 4.69) is 21.2 Å². The van der Waals surface area contributed by atoms with Crippen LogP contribution in [0.5, 0.6) is 0 Å². The molecule has 1 amide bonds. The molecule has 212 valence electrons. The Bertz CT molecular complexity index is 1300. The number of nitrogens with zero attached hydrogens (tertiary/aromatic N) is 1. The maximum atomic E-state index is 14.2. The summed E-state index contributed by atoms with van der Waals surface area (Å²) < 4.78 is 0. The van der Waals surface area contributed by atoms with Crippen LogP contribution < -0.4 is 16.2 Å². The molecule has 0 bridgehead atoms. The lowest BCUT2D eigenvalue weighted by Crippen LogP contribution is -2.71. The van der Waals surface area contributed by atoms with Gasteiger partial charge in [0.25, 0.3) is 0 Å². The Morgan fingerprint density at radius 3 is 2.55 bits per heavy atom. The topological polar surface area (TPSA) is 120 Å². The van der Waals surface area contributed by atoms with Crippen molar-refractivity contribution in [2.45, 2.75) is 63.3 Å². The molecule has 4 rings (SSSR count). The average Bonchev–Trinajstić information content (AvgIpc) is 3.54. The molecule has 0 saturated carbocycles. The number of likely N-dealkylation sites (N-methyl/N-ethyl adjacent to an activating group) is 1. The first-order valence-corrected chi connectivity index (χ1v) is 14.8. The number of amides is 1. The van der Waals surface area contributed by atoms with Gasteiger partial charge in [-0.1, -0.05) is 61.5 Å². The standard InChI is InChI=1S/C31H38N4O4S/c1-3-30(29(38)39,17-9-12-22-10-5-4-6-11-22)18-15-27(36)31(28(37)32-2)25(16-19-34-35-31)23-13-7-8-14-24(23)26-20-40-21-33-26/h4-8,10-11,13-14,20-21,25,34-35H,3,9,12,15-19H2,1-2H3,(H,32,37)(H,38,39)/t25-,30?,31-/m0/s1. The highest BCUT2D eigenvalue weighted by Gasteiger charge is 2.54. The summed E-state index contributed by atoms with van der Waals surface area (Å²) in [5, 5.41) is 15.0. The van der Waals surface area contributed by atoms with Crippen molar-refractivity contribution in [2.75, 3.05) is 13.6 Å². The Labute approximate surface area is 239 Å². The zero-order valence-electron chi connectivity index (χ0n) is 23.1. The molecule has 1 saturated heterocycles. The number of ketones is 1. The first-order valence-electron chi connectivity index (χ1n) is 13.9. The van der Waals surface area contributed by atoms with Crippen molar-refractivity contribution in [2.24, 2.45) is 5.41 Å². The number of hydrogen-bond acceptors (Lipinski definition) is 7. The van der Waals surface area contributed by atoms with E-state index in [9.17, 15) is 19.5 Å². The fourth-order valence-corrected chi connectivity index (χ4v) is 6.51. The minimum Gasteiger partial charge on any atom is -0.481 e. The van der Waals surface area contributed by atoms with Crippen LogP contribution in [0.1, 0.15) is 62.5 Å². The molecular formula is C31H38N4O4S. The molecule has 2 heterocycles. The van der Waals surface area contributed by atoms with Gasteiger partial charge in [-0.25, -0.2) is 10.4 Å². The lowest BCUT2D eigenvalue weighted by Gasteiger charge is -2.43. The fraction of sp³-hybridized carbons (Fsp3) is 0.419. The molecule has 1 aliphatic heterocycles. The molecule has 1 fully saturated rings. The van der Waals surface area contributed by atoms with E-state index in [0.29, 0.717) is 32.2 Å². The van der Waals surface area contributed by atoms with Crippen molar-refractivity contribution >= 4 is 29.0 Å². The molecule has 2 aromatic carbocycles. The van der Waals surface area contributed by atoms with Crippen LogP contribution in [0.3, 0.4) is 0 Å². The Hall–Kier alpha value is -3.40. The maximum Gasteiger partial charge on any atom is 0.309 e. The summed E-state index contributed by atoms with van der Waals surface area (Å²) in [6, 6.07) is 17.7. The molecule has 3 aromatic rings. The summed E-state index contributed by atoms with van der Waals surface area (Å²) in [5.41, 5.74) is 8.94. The smallest absolute Gasteiger partial charge is 0.309 e. The van der Waals surface area contributed by atoms with Crippen LogP contribution in [0.2, 0.25) is 0 Å². The molecule has 0 spiro atoms. The summed E-state index contributed by atoms with van der Waals surface area (Å²) in [4.78, 5) is 44.9. The first-order chi connectivity index (χ1) is 19.4. The molecule has 1 unspecified atom stereocenters. The highest BCUT2D eigenvalue weighted by atomic mass is 32.1. The van der Waals surface area contributed by atoms with Gasteiger partial charge in [0.15, 0.2) is 11.3 Å². The number of aromatic nitrogens is 1. The van der Waals surface area contributed by atoms with Crippen molar-refractivity contribution in [3.8, 4) is 11.3 Å². The van der Waals surface area contributed by atoms with Crippen LogP contribution in [0.4, 0.5) is 0 Å². The Kier molecular flexibility index (Phi) is 9.84. The summed E-state index contributed by atoms with van der Waals surface area (Å²) >= 11 is 1.49. The van der Waals surface area contributed by atoms with E-state index in [1.54, 1.807) is 5.51 Å². The molecule has 0 radical (unpaired) electrons. The van der Waals surface area contributed by atoms with Crippen LogP contribution in [-0.2, 0) is 20.8 Å². The lowest BCUT2D eigenvalue weighted by atomic mass is 9.68. The SMILES string of the molecule is CCC(CCCc1ccccc1)(CCC(=O)[C@@]1(C(=O)NC)NNCC[C@H]1c1ccccc1-c1cscn1)C(=O)O. The van der Waals surface area contributed by atoms with Crippen molar-refractivity contribution in [3.05, 3.63) is 76.6 Å². The van der Waals surface area contributed by atoms with Gasteiger partial charge in [0.2, 0.25) is 5.91 Å². The second kappa shape index (κ2) is 13.3. The predicted molar refractivity (Wildman–Crippen MR) is 157 cm³/mol. The predicted octanol–water partition coefficient (Wildman–Crippen LogP) is 4.73. The number of Topliss-reactive ketones (excluding diaryl/α,β-unsaturated/α-hetero) is 1. The van der Waals surface area contributed by atoms with E-state index in [0.717, 1.165) is 28.8 Å². The van der Waals surface area contributed by atoms with Crippen molar-refractivity contribution < 1.29 is 19.5 Å². The number of hydrogen-bond donors (Lipinski definition) is 4. The zero-order valence-corrected chi connectivity index (χ0v) is 23.9. The first kappa shape index (κ1) is 29.6. The second-order valence-corrected chi connectivity index (χ2v) is 11.2. The number of rotatable bonds is 13. The molecule has 40 heavy (non-hydrogen) atoms. The molecule has 3 atom stereocenters. The van der Waals surface area contributed by atoms with Crippen molar-refractivity contribution in [3.63, 3.8) is 0 Å². The number of nitrogens with one attached hydrogen (secondary N) is 3. The number of benzene rings is 2. The number of aliphatic carboxylic acids is 1. The minimum absolute atomic E-state index is 0.0387. The summed E-state index contributed by atoms with van der Waals surface area (Å²) in [5.74, 6) is -2.13. The number of carboxylic acids is 1. The van der Waals surface area contributed by atoms with E-state index in [-0.39, 0.29) is 18.6 Å². The minimum atomic E-state index is -1.60. The van der Waals surface area contributed by atoms with Gasteiger partial charge in [-0.3, -0.25) is 19.8 Å². The van der Waals surface area contributed by atoms with E-state index in [1.165, 1.54) is 18.4 Å². The van der Waals surface area contributed by atoms with Crippen LogP contribution in [0.25, 0.3) is 11.3 Å². The number of carbonyl (C=O) groups excluding carboxylic acids is 2. The third kappa shape index (κ3) is 6.01. The van der Waals surface area contributed by atoms with Crippen molar-refractivity contribution in [1.29, 1.82) is 0 Å². The van der Waals surface area contributed by atoms with Gasteiger partial charge in [-0.05, 0) is 49.7 Å². The molecule has 8 nitrogen and oxygen atoms in total. The lowest BCUT2D eigenvalue weighted by molar-refractivity contribution is -0.150. The van der Waals surface area contributed by atoms with Gasteiger partial charge in [0, 0.05) is 36.9 Å². The monoisotopic (exact) mass is 562 g/mol. The zero-order chi connectivity index (χ0) is 28.6. The highest BCUT2D eigenvalue weighted by molar-refractivity contribution is 7.07. The van der Waals surface area contributed by atoms with E-state index >= 15 is 0 Å². The van der Waals surface area contributed by atoms with Crippen LogP contribution in [0.15, 0.2) is 65.5 Å². The van der Waals surface area contributed by atoms with Gasteiger partial charge >= 0.3 is 5.97 Å². The molecule has 1 aromatic heterocycles. The fourth-order valence-electron chi connectivity index (χ4n) is 5.96. The normalized spacial score (nSPS) is 20.4. The number of carboxylic acid groups (broad SMARTS) is 1. The number of thiazole rings is 1. The Morgan fingerprint density at radius 2 is 1.88 bits per heavy atom. The van der Waals surface area contributed by atoms with Crippen LogP contribution >= 0.6 is 11.3 Å². The molecule has 9 heteroatoms. The third-order valence-corrected chi connectivity index (χ3v) is 8.95. The highest BCUT2D eigenvalue weighted by Crippen LogP contribution is 2.42. The largest absolute Gasteiger partial charge is 0.481 e. The molecular weight excluding hydrogens is 524 g/mol. The second-order valence-electron chi connectivity index (χ2n) is 10.4. The Morgan fingerprint density at radius 1 is 1.12 bits per heavy atom. The summed E-state index contributed by atoms with van der Waals surface area (Å²) in [7, 11) is 1.52. The van der Waals surface area contributed by atoms with Crippen molar-refractivity contribution in [1.82, 2.24) is 21.2 Å². The van der Waals surface area contributed by atoms with Gasteiger partial charge in [-0.15, -0.1) is 11.3 Å². The maximum absolute atomic E-state index is 14.2. The van der Waals surface area contributed by atoms with Gasteiger partial charge in [0.05, 0.1) is 16.6 Å². The van der Waals surface area contributed by atoms with Gasteiger partial charge in [0.1, 0.15) is 0 Å². The molecule has 1 aliphatic rings. The quantitative estimate of drug-likeness (QED) is 0.222. The van der Waals surface area contributed by atoms with E-state index < -0.39 is 28.7 Å². The van der Waals surface area contributed by atoms with Crippen LogP contribution in [0, 0.1) is 5.41 Å². The van der Waals surface area contributed by atoms with Crippen LogP contribution in [-0.4, -0.2) is 46.9 Å². The summed E-state index contributed by atoms with van der Waals surface area (Å²) in [6.45, 7) is 2.43. The Balaban J connectivity index is 1.62. The van der Waals surface area contributed by atoms with E-state index in [4.69, 9.17) is 0 Å². The number of hydrazine groups is 1. The molecule has 0 aliphatic carbocycles. The average molecular weight is 563 g/mol. The molecule has 4 N–H and O–H groups in total. The number of carbonyl (C=O) groups is 3. The van der Waals surface area contributed by atoms with Gasteiger partial charge in [-0.2, -0.15) is 0 Å². The third-order valence-electron chi connectivity index (χ3n) is 8.36. The summed E-state index contributed by atoms with van der Waals surface area (Å²) in [6.07, 6.45) is 2.99. The number of aryl methyl sites for hydroxylation is 1. The van der Waals surface area contributed by atoms with E-state index in [1.807, 2.05) is 66.9 Å².